The van der Waals surface area contributed by atoms with Crippen molar-refractivity contribution in [3.63, 3.8) is 0 Å². The number of hydrogen-bond donors (Lipinski definition) is 2. The Labute approximate surface area is 157 Å². The normalized spacial score (nSPS) is 23.2. The Balaban J connectivity index is 0.00000225. The second-order valence-electron chi connectivity index (χ2n) is 7.97. The molecule has 1 atom stereocenters. The fraction of sp³-hybridized carbons (Fsp3) is 0.650. The largest absolute Gasteiger partial charge is 0.487 e. The third kappa shape index (κ3) is 5.04. The summed E-state index contributed by atoms with van der Waals surface area (Å²) in [4.78, 5) is 12.9. The molecule has 0 saturated heterocycles. The number of nitrogens with one attached hydrogen (secondary N) is 1. The molecule has 2 aliphatic rings. The minimum Gasteiger partial charge on any atom is -0.487 e. The first kappa shape index (κ1) is 19.9. The monoisotopic (exact) mass is 366 g/mol. The van der Waals surface area contributed by atoms with Crippen LogP contribution in [-0.4, -0.2) is 11.5 Å². The number of amides is 1. The number of carbonyl (C=O) groups is 1. The van der Waals surface area contributed by atoms with E-state index >= 15 is 0 Å². The molecule has 140 valence electrons. The predicted molar refractivity (Wildman–Crippen MR) is 104 cm³/mol. The van der Waals surface area contributed by atoms with E-state index in [1.165, 1.54) is 32.1 Å². The lowest BCUT2D eigenvalue weighted by Crippen LogP contribution is -2.43. The summed E-state index contributed by atoms with van der Waals surface area (Å²) in [5, 5.41) is 3.30. The molecule has 3 N–H and O–H groups in total. The third-order valence-corrected chi connectivity index (χ3v) is 5.28. The second-order valence-corrected chi connectivity index (χ2v) is 7.97. The van der Waals surface area contributed by atoms with Crippen molar-refractivity contribution >= 4 is 24.0 Å². The zero-order chi connectivity index (χ0) is 17.2. The van der Waals surface area contributed by atoms with Crippen LogP contribution in [0.4, 0.5) is 5.69 Å². The lowest BCUT2D eigenvalue weighted by molar-refractivity contribution is -0.126. The lowest BCUT2D eigenvalue weighted by atomic mass is 9.87. The molecule has 1 heterocycles. The predicted octanol–water partition coefficient (Wildman–Crippen LogP) is 4.77. The summed E-state index contributed by atoms with van der Waals surface area (Å²) in [6, 6.07) is 5.69. The van der Waals surface area contributed by atoms with Crippen molar-refractivity contribution < 1.29 is 9.53 Å². The molecule has 1 aliphatic carbocycles. The van der Waals surface area contributed by atoms with E-state index in [1.807, 2.05) is 18.2 Å². The summed E-state index contributed by atoms with van der Waals surface area (Å²) < 4.78 is 6.06. The number of ether oxygens (including phenoxy) is 1. The van der Waals surface area contributed by atoms with Gasteiger partial charge in [0.1, 0.15) is 11.4 Å². The number of hydrogen-bond acceptors (Lipinski definition) is 3. The van der Waals surface area contributed by atoms with Crippen LogP contribution in [0.15, 0.2) is 18.2 Å². The van der Waals surface area contributed by atoms with Crippen molar-refractivity contribution in [3.05, 3.63) is 23.8 Å². The van der Waals surface area contributed by atoms with Gasteiger partial charge < -0.3 is 15.8 Å². The third-order valence-electron chi connectivity index (χ3n) is 5.28. The summed E-state index contributed by atoms with van der Waals surface area (Å²) in [6.45, 7) is 4.14. The minimum atomic E-state index is -0.290. The first-order valence-electron chi connectivity index (χ1n) is 9.33. The van der Waals surface area contributed by atoms with E-state index in [-0.39, 0.29) is 35.9 Å². The Hall–Kier alpha value is -1.42. The molecule has 0 bridgehead atoms. The zero-order valence-corrected chi connectivity index (χ0v) is 16.2. The minimum absolute atomic E-state index is 0. The van der Waals surface area contributed by atoms with Crippen LogP contribution in [0.25, 0.3) is 0 Å². The summed E-state index contributed by atoms with van der Waals surface area (Å²) in [5.41, 5.74) is 7.38. The van der Waals surface area contributed by atoms with E-state index in [9.17, 15) is 4.79 Å². The average Bonchev–Trinajstić information content (AvgIpc) is 2.46. The van der Waals surface area contributed by atoms with Gasteiger partial charge in [0.25, 0.3) is 0 Å². The molecule has 1 aromatic rings. The van der Waals surface area contributed by atoms with E-state index < -0.39 is 0 Å². The van der Waals surface area contributed by atoms with Crippen molar-refractivity contribution in [2.45, 2.75) is 76.9 Å². The van der Waals surface area contributed by atoms with Crippen LogP contribution in [0.5, 0.6) is 5.75 Å². The maximum Gasteiger partial charge on any atom is 0.223 e. The fourth-order valence-corrected chi connectivity index (χ4v) is 4.01. The van der Waals surface area contributed by atoms with Crippen LogP contribution >= 0.6 is 12.4 Å². The van der Waals surface area contributed by atoms with Gasteiger partial charge in [-0.3, -0.25) is 4.79 Å². The molecule has 1 unspecified atom stereocenters. The number of anilines is 1. The lowest BCUT2D eigenvalue weighted by Gasteiger charge is -2.38. The SMILES string of the molecule is CC1(C)CC(NC(=O)C2CCCCCCC2)c2cc(N)ccc2O1.Cl. The second kappa shape index (κ2) is 8.31. The van der Waals surface area contributed by atoms with Crippen molar-refractivity contribution in [2.75, 3.05) is 5.73 Å². The van der Waals surface area contributed by atoms with Gasteiger partial charge in [0, 0.05) is 23.6 Å². The smallest absolute Gasteiger partial charge is 0.223 e. The summed E-state index contributed by atoms with van der Waals surface area (Å²) in [7, 11) is 0. The van der Waals surface area contributed by atoms with Crippen molar-refractivity contribution in [2.24, 2.45) is 5.92 Å². The Morgan fingerprint density at radius 1 is 1.16 bits per heavy atom. The summed E-state index contributed by atoms with van der Waals surface area (Å²) >= 11 is 0. The fourth-order valence-electron chi connectivity index (χ4n) is 4.01. The molecule has 1 aliphatic heterocycles. The Kier molecular flexibility index (Phi) is 6.61. The van der Waals surface area contributed by atoms with Crippen LogP contribution in [0.1, 0.15) is 76.8 Å². The van der Waals surface area contributed by atoms with Crippen LogP contribution in [0, 0.1) is 5.92 Å². The Bertz CT molecular complexity index is 595. The highest BCUT2D eigenvalue weighted by molar-refractivity contribution is 5.85. The van der Waals surface area contributed by atoms with Crippen LogP contribution < -0.4 is 15.8 Å². The van der Waals surface area contributed by atoms with E-state index in [2.05, 4.69) is 19.2 Å². The molecule has 25 heavy (non-hydrogen) atoms. The molecule has 4 nitrogen and oxygen atoms in total. The molecule has 1 fully saturated rings. The van der Waals surface area contributed by atoms with Gasteiger partial charge in [0.15, 0.2) is 0 Å². The number of nitrogen functional groups attached to an aromatic ring is 1. The highest BCUT2D eigenvalue weighted by Gasteiger charge is 2.35. The molecule has 1 amide bonds. The van der Waals surface area contributed by atoms with E-state index in [4.69, 9.17) is 10.5 Å². The van der Waals surface area contributed by atoms with Crippen molar-refractivity contribution in [1.29, 1.82) is 0 Å². The number of rotatable bonds is 2. The maximum atomic E-state index is 12.9. The number of benzene rings is 1. The van der Waals surface area contributed by atoms with Gasteiger partial charge in [0.05, 0.1) is 6.04 Å². The quantitative estimate of drug-likeness (QED) is 0.741. The van der Waals surface area contributed by atoms with Crippen LogP contribution in [0.2, 0.25) is 0 Å². The van der Waals surface area contributed by atoms with Crippen molar-refractivity contribution in [1.82, 2.24) is 5.32 Å². The Morgan fingerprint density at radius 3 is 2.48 bits per heavy atom. The summed E-state index contributed by atoms with van der Waals surface area (Å²) in [5.74, 6) is 1.19. The topological polar surface area (TPSA) is 64.4 Å². The maximum absolute atomic E-state index is 12.9. The van der Waals surface area contributed by atoms with E-state index in [0.717, 1.165) is 30.6 Å². The van der Waals surface area contributed by atoms with Gasteiger partial charge in [-0.05, 0) is 44.9 Å². The molecule has 1 saturated carbocycles. The first-order chi connectivity index (χ1) is 11.4. The highest BCUT2D eigenvalue weighted by Crippen LogP contribution is 2.40. The van der Waals surface area contributed by atoms with Gasteiger partial charge in [-0.15, -0.1) is 12.4 Å². The number of fused-ring (bicyclic) bond motifs is 1. The molecule has 5 heteroatoms. The van der Waals surface area contributed by atoms with Gasteiger partial charge in [-0.25, -0.2) is 0 Å². The van der Waals surface area contributed by atoms with Gasteiger partial charge in [0.2, 0.25) is 5.91 Å². The van der Waals surface area contributed by atoms with Crippen LogP contribution in [0.3, 0.4) is 0 Å². The van der Waals surface area contributed by atoms with Crippen LogP contribution in [-0.2, 0) is 4.79 Å². The van der Waals surface area contributed by atoms with E-state index in [0.29, 0.717) is 5.69 Å². The highest BCUT2D eigenvalue weighted by atomic mass is 35.5. The molecule has 0 radical (unpaired) electrons. The van der Waals surface area contributed by atoms with Crippen molar-refractivity contribution in [3.8, 4) is 5.75 Å². The molecular weight excluding hydrogens is 336 g/mol. The number of halogens is 1. The molecule has 0 spiro atoms. The number of nitrogens with two attached hydrogens (primary N) is 1. The zero-order valence-electron chi connectivity index (χ0n) is 15.3. The molecule has 1 aromatic carbocycles. The van der Waals surface area contributed by atoms with Gasteiger partial charge in [-0.1, -0.05) is 32.1 Å². The van der Waals surface area contributed by atoms with E-state index in [1.54, 1.807) is 0 Å². The van der Waals surface area contributed by atoms with Gasteiger partial charge >= 0.3 is 0 Å². The molecular formula is C20H31ClN2O2. The first-order valence-corrected chi connectivity index (χ1v) is 9.33. The van der Waals surface area contributed by atoms with Gasteiger partial charge in [-0.2, -0.15) is 0 Å². The molecule has 0 aromatic heterocycles. The standard InChI is InChI=1S/C20H30N2O2.ClH/c1-20(2)13-17(16-12-15(21)10-11-18(16)24-20)22-19(23)14-8-6-4-3-5-7-9-14;/h10-12,14,17H,3-9,13,21H2,1-2H3,(H,22,23);1H. The average molecular weight is 367 g/mol. The Morgan fingerprint density at radius 2 is 1.80 bits per heavy atom. The molecule has 3 rings (SSSR count). The number of carbonyl (C=O) groups excluding carboxylic acids is 1. The summed E-state index contributed by atoms with van der Waals surface area (Å²) in [6.07, 6.45) is 8.96.